The van der Waals surface area contributed by atoms with Crippen molar-refractivity contribution in [3.8, 4) is 0 Å². The summed E-state index contributed by atoms with van der Waals surface area (Å²) in [5, 5.41) is 9.68. The first-order chi connectivity index (χ1) is 6.22. The molecule has 78 valence electrons. The van der Waals surface area contributed by atoms with Crippen LogP contribution in [0.1, 0.15) is 59.3 Å². The SMILES string of the molecule is CCCC/C=C(/C)C(O)CCCC. The molecule has 0 radical (unpaired) electrons. The van der Waals surface area contributed by atoms with Gasteiger partial charge in [-0.1, -0.05) is 45.6 Å². The second-order valence-corrected chi connectivity index (χ2v) is 3.75. The first-order valence-corrected chi connectivity index (χ1v) is 5.57. The molecule has 1 heteroatoms. The van der Waals surface area contributed by atoms with Crippen molar-refractivity contribution in [1.29, 1.82) is 0 Å². The van der Waals surface area contributed by atoms with Gasteiger partial charge in [0.1, 0.15) is 0 Å². The Morgan fingerprint density at radius 1 is 1.23 bits per heavy atom. The average molecular weight is 184 g/mol. The molecule has 0 aliphatic rings. The summed E-state index contributed by atoms with van der Waals surface area (Å²) in [6, 6.07) is 0. The molecule has 0 saturated carbocycles. The van der Waals surface area contributed by atoms with Crippen LogP contribution in [-0.4, -0.2) is 11.2 Å². The Kier molecular flexibility index (Phi) is 8.11. The van der Waals surface area contributed by atoms with Gasteiger partial charge in [-0.25, -0.2) is 0 Å². The third kappa shape index (κ3) is 6.83. The van der Waals surface area contributed by atoms with Gasteiger partial charge in [0, 0.05) is 0 Å². The molecule has 0 saturated heterocycles. The summed E-state index contributed by atoms with van der Waals surface area (Å²) >= 11 is 0. The summed E-state index contributed by atoms with van der Waals surface area (Å²) in [5.74, 6) is 0. The number of allylic oxidation sites excluding steroid dienone is 1. The summed E-state index contributed by atoms with van der Waals surface area (Å²) in [7, 11) is 0. The molecule has 0 spiro atoms. The minimum Gasteiger partial charge on any atom is -0.389 e. The summed E-state index contributed by atoms with van der Waals surface area (Å²) in [6.45, 7) is 6.38. The largest absolute Gasteiger partial charge is 0.389 e. The van der Waals surface area contributed by atoms with Crippen molar-refractivity contribution >= 4 is 0 Å². The lowest BCUT2D eigenvalue weighted by molar-refractivity contribution is 0.196. The Morgan fingerprint density at radius 3 is 2.38 bits per heavy atom. The van der Waals surface area contributed by atoms with Crippen molar-refractivity contribution in [2.75, 3.05) is 0 Å². The Balaban J connectivity index is 3.65. The zero-order chi connectivity index (χ0) is 10.1. The molecule has 13 heavy (non-hydrogen) atoms. The highest BCUT2D eigenvalue weighted by molar-refractivity contribution is 5.03. The molecule has 1 nitrogen and oxygen atoms in total. The number of rotatable bonds is 7. The van der Waals surface area contributed by atoms with E-state index in [1.54, 1.807) is 0 Å². The van der Waals surface area contributed by atoms with Crippen molar-refractivity contribution in [2.45, 2.75) is 65.4 Å². The van der Waals surface area contributed by atoms with E-state index in [1.807, 2.05) is 6.92 Å². The van der Waals surface area contributed by atoms with Gasteiger partial charge in [-0.2, -0.15) is 0 Å². The maximum absolute atomic E-state index is 9.68. The van der Waals surface area contributed by atoms with Gasteiger partial charge >= 0.3 is 0 Å². The molecule has 0 fully saturated rings. The van der Waals surface area contributed by atoms with Gasteiger partial charge in [-0.15, -0.1) is 0 Å². The zero-order valence-corrected chi connectivity index (χ0v) is 9.34. The minimum atomic E-state index is -0.197. The number of unbranched alkanes of at least 4 members (excludes halogenated alkanes) is 3. The Bertz CT molecular complexity index is 138. The lowest BCUT2D eigenvalue weighted by atomic mass is 10.0. The topological polar surface area (TPSA) is 20.2 Å². The average Bonchev–Trinajstić information content (AvgIpc) is 2.14. The summed E-state index contributed by atoms with van der Waals surface area (Å²) in [4.78, 5) is 0. The van der Waals surface area contributed by atoms with Gasteiger partial charge in [0.05, 0.1) is 6.10 Å². The first-order valence-electron chi connectivity index (χ1n) is 5.57. The Morgan fingerprint density at radius 2 is 1.85 bits per heavy atom. The Hall–Kier alpha value is -0.300. The van der Waals surface area contributed by atoms with Crippen LogP contribution in [0.4, 0.5) is 0 Å². The monoisotopic (exact) mass is 184 g/mol. The lowest BCUT2D eigenvalue weighted by Crippen LogP contribution is -2.07. The minimum absolute atomic E-state index is 0.197. The molecule has 0 rings (SSSR count). The van der Waals surface area contributed by atoms with Crippen LogP contribution in [0, 0.1) is 0 Å². The molecular weight excluding hydrogens is 160 g/mol. The maximum atomic E-state index is 9.68. The van der Waals surface area contributed by atoms with Gasteiger partial charge in [0.2, 0.25) is 0 Å². The number of aliphatic hydroxyl groups excluding tert-OH is 1. The van der Waals surface area contributed by atoms with E-state index in [9.17, 15) is 5.11 Å². The molecule has 0 aliphatic heterocycles. The van der Waals surface area contributed by atoms with E-state index in [-0.39, 0.29) is 6.10 Å². The molecule has 1 atom stereocenters. The summed E-state index contributed by atoms with van der Waals surface area (Å²) in [5.41, 5.74) is 1.15. The van der Waals surface area contributed by atoms with Gasteiger partial charge in [-0.3, -0.25) is 0 Å². The van der Waals surface area contributed by atoms with Gasteiger partial charge in [0.15, 0.2) is 0 Å². The maximum Gasteiger partial charge on any atom is 0.0747 e. The van der Waals surface area contributed by atoms with Gasteiger partial charge in [0.25, 0.3) is 0 Å². The molecule has 0 bridgehead atoms. The fraction of sp³-hybridized carbons (Fsp3) is 0.833. The van der Waals surface area contributed by atoms with Crippen LogP contribution in [-0.2, 0) is 0 Å². The van der Waals surface area contributed by atoms with E-state index < -0.39 is 0 Å². The van der Waals surface area contributed by atoms with E-state index >= 15 is 0 Å². The van der Waals surface area contributed by atoms with E-state index in [4.69, 9.17) is 0 Å². The van der Waals surface area contributed by atoms with Crippen LogP contribution in [0.15, 0.2) is 11.6 Å². The molecule has 1 unspecified atom stereocenters. The van der Waals surface area contributed by atoms with Crippen LogP contribution in [0.5, 0.6) is 0 Å². The number of aliphatic hydroxyl groups is 1. The zero-order valence-electron chi connectivity index (χ0n) is 9.34. The molecule has 0 aromatic rings. The van der Waals surface area contributed by atoms with Crippen LogP contribution >= 0.6 is 0 Å². The fourth-order valence-electron chi connectivity index (χ4n) is 1.30. The quantitative estimate of drug-likeness (QED) is 0.473. The van der Waals surface area contributed by atoms with Crippen molar-refractivity contribution in [3.63, 3.8) is 0 Å². The van der Waals surface area contributed by atoms with Crippen molar-refractivity contribution in [3.05, 3.63) is 11.6 Å². The fourth-order valence-corrected chi connectivity index (χ4v) is 1.30. The van der Waals surface area contributed by atoms with Crippen LogP contribution < -0.4 is 0 Å². The number of hydrogen-bond acceptors (Lipinski definition) is 1. The van der Waals surface area contributed by atoms with Crippen LogP contribution in [0.2, 0.25) is 0 Å². The van der Waals surface area contributed by atoms with Crippen LogP contribution in [0.3, 0.4) is 0 Å². The molecular formula is C12H24O. The van der Waals surface area contributed by atoms with Crippen LogP contribution in [0.25, 0.3) is 0 Å². The standard InChI is InChI=1S/C12H24O/c1-4-6-8-9-11(3)12(13)10-7-5-2/h9,12-13H,4-8,10H2,1-3H3/b11-9-. The first kappa shape index (κ1) is 12.7. The second-order valence-electron chi connectivity index (χ2n) is 3.75. The van der Waals surface area contributed by atoms with Crippen molar-refractivity contribution in [2.24, 2.45) is 0 Å². The van der Waals surface area contributed by atoms with E-state index in [1.165, 1.54) is 19.3 Å². The summed E-state index contributed by atoms with van der Waals surface area (Å²) < 4.78 is 0. The summed E-state index contributed by atoms with van der Waals surface area (Å²) in [6.07, 6.45) is 8.78. The normalized spacial score (nSPS) is 14.6. The highest BCUT2D eigenvalue weighted by Crippen LogP contribution is 2.11. The van der Waals surface area contributed by atoms with Gasteiger partial charge < -0.3 is 5.11 Å². The predicted molar refractivity (Wildman–Crippen MR) is 58.8 cm³/mol. The van der Waals surface area contributed by atoms with E-state index in [0.29, 0.717) is 0 Å². The van der Waals surface area contributed by atoms with Crippen molar-refractivity contribution in [1.82, 2.24) is 0 Å². The predicted octanol–water partition coefficient (Wildman–Crippen LogP) is 3.67. The number of hydrogen-bond donors (Lipinski definition) is 1. The van der Waals surface area contributed by atoms with E-state index in [0.717, 1.165) is 24.8 Å². The molecule has 0 amide bonds. The highest BCUT2D eigenvalue weighted by atomic mass is 16.3. The highest BCUT2D eigenvalue weighted by Gasteiger charge is 2.04. The second kappa shape index (κ2) is 8.31. The Labute approximate surface area is 82.9 Å². The lowest BCUT2D eigenvalue weighted by Gasteiger charge is -2.10. The molecule has 0 heterocycles. The molecule has 1 N–H and O–H groups in total. The smallest absolute Gasteiger partial charge is 0.0747 e. The molecule has 0 aromatic heterocycles. The molecule has 0 aromatic carbocycles. The van der Waals surface area contributed by atoms with Gasteiger partial charge in [-0.05, 0) is 25.3 Å². The molecule has 0 aliphatic carbocycles. The van der Waals surface area contributed by atoms with Crippen molar-refractivity contribution < 1.29 is 5.11 Å². The van der Waals surface area contributed by atoms with E-state index in [2.05, 4.69) is 19.9 Å². The third-order valence-corrected chi connectivity index (χ3v) is 2.38. The third-order valence-electron chi connectivity index (χ3n) is 2.38.